The minimum absolute atomic E-state index is 0.0952. The first-order chi connectivity index (χ1) is 8.65. The number of carbonyl (C=O) groups excluding carboxylic acids is 1. The molecule has 0 saturated carbocycles. The van der Waals surface area contributed by atoms with Gasteiger partial charge in [-0.15, -0.1) is 0 Å². The van der Waals surface area contributed by atoms with E-state index in [1.54, 1.807) is 19.4 Å². The summed E-state index contributed by atoms with van der Waals surface area (Å²) in [5.74, 6) is 0.643. The first-order valence-electron chi connectivity index (χ1n) is 5.77. The van der Waals surface area contributed by atoms with Crippen molar-refractivity contribution in [2.75, 3.05) is 51.1 Å². The fourth-order valence-electron chi connectivity index (χ4n) is 1.42. The van der Waals surface area contributed by atoms with E-state index in [9.17, 15) is 4.79 Å². The third-order valence-corrected chi connectivity index (χ3v) is 2.25. The maximum absolute atomic E-state index is 11.7. The second-order valence-corrected chi connectivity index (χ2v) is 3.99. The highest BCUT2D eigenvalue weighted by molar-refractivity contribution is 5.94. The molecule has 0 aliphatic carbocycles. The molecule has 1 aromatic heterocycles. The SMILES string of the molecule is COCCNCC(=O)Nc1cccnc1N(C)C. The van der Waals surface area contributed by atoms with E-state index in [-0.39, 0.29) is 12.5 Å². The molecule has 0 spiro atoms. The van der Waals surface area contributed by atoms with E-state index in [1.807, 2.05) is 25.1 Å². The molecule has 0 aliphatic heterocycles. The Balaban J connectivity index is 2.49. The Kier molecular flexibility index (Phi) is 6.10. The maximum Gasteiger partial charge on any atom is 0.238 e. The molecule has 0 bridgehead atoms. The first-order valence-corrected chi connectivity index (χ1v) is 5.77. The largest absolute Gasteiger partial charge is 0.383 e. The first kappa shape index (κ1) is 14.4. The molecule has 0 unspecified atom stereocenters. The van der Waals surface area contributed by atoms with Gasteiger partial charge in [0.25, 0.3) is 0 Å². The summed E-state index contributed by atoms with van der Waals surface area (Å²) >= 11 is 0. The molecule has 0 aromatic carbocycles. The highest BCUT2D eigenvalue weighted by atomic mass is 16.5. The average molecular weight is 252 g/mol. The van der Waals surface area contributed by atoms with E-state index in [1.165, 1.54) is 0 Å². The predicted octanol–water partition coefficient (Wildman–Crippen LogP) is 0.322. The molecule has 100 valence electrons. The molecule has 0 atom stereocenters. The molecular formula is C12H20N4O2. The summed E-state index contributed by atoms with van der Waals surface area (Å²) in [5, 5.41) is 5.81. The molecule has 0 fully saturated rings. The molecule has 1 amide bonds. The number of nitrogens with zero attached hydrogens (tertiary/aromatic N) is 2. The molecule has 0 radical (unpaired) electrons. The summed E-state index contributed by atoms with van der Waals surface area (Å²) in [4.78, 5) is 17.8. The summed E-state index contributed by atoms with van der Waals surface area (Å²) in [6.45, 7) is 1.49. The minimum Gasteiger partial charge on any atom is -0.383 e. The van der Waals surface area contributed by atoms with Crippen molar-refractivity contribution in [3.63, 3.8) is 0 Å². The van der Waals surface area contributed by atoms with Gasteiger partial charge in [-0.1, -0.05) is 0 Å². The smallest absolute Gasteiger partial charge is 0.238 e. The van der Waals surface area contributed by atoms with Gasteiger partial charge >= 0.3 is 0 Å². The minimum atomic E-state index is -0.0952. The number of hydrogen-bond donors (Lipinski definition) is 2. The number of carbonyl (C=O) groups is 1. The third kappa shape index (κ3) is 4.68. The lowest BCUT2D eigenvalue weighted by atomic mass is 10.3. The highest BCUT2D eigenvalue weighted by Crippen LogP contribution is 2.19. The van der Waals surface area contributed by atoms with Crippen LogP contribution in [0.25, 0.3) is 0 Å². The van der Waals surface area contributed by atoms with Crippen LogP contribution in [0.4, 0.5) is 11.5 Å². The van der Waals surface area contributed by atoms with Crippen molar-refractivity contribution >= 4 is 17.4 Å². The van der Waals surface area contributed by atoms with Crippen molar-refractivity contribution in [1.29, 1.82) is 0 Å². The highest BCUT2D eigenvalue weighted by Gasteiger charge is 2.08. The Morgan fingerprint density at radius 1 is 1.50 bits per heavy atom. The number of ether oxygens (including phenoxy) is 1. The van der Waals surface area contributed by atoms with E-state index in [4.69, 9.17) is 4.74 Å². The zero-order chi connectivity index (χ0) is 13.4. The van der Waals surface area contributed by atoms with Crippen LogP contribution in [0.5, 0.6) is 0 Å². The van der Waals surface area contributed by atoms with Crippen molar-refractivity contribution in [3.05, 3.63) is 18.3 Å². The predicted molar refractivity (Wildman–Crippen MR) is 71.9 cm³/mol. The van der Waals surface area contributed by atoms with Gasteiger partial charge in [0.2, 0.25) is 5.91 Å². The zero-order valence-electron chi connectivity index (χ0n) is 11.1. The zero-order valence-corrected chi connectivity index (χ0v) is 11.1. The van der Waals surface area contributed by atoms with Crippen LogP contribution in [-0.2, 0) is 9.53 Å². The van der Waals surface area contributed by atoms with E-state index in [0.29, 0.717) is 18.8 Å². The third-order valence-electron chi connectivity index (χ3n) is 2.25. The van der Waals surface area contributed by atoms with Crippen LogP contribution >= 0.6 is 0 Å². The van der Waals surface area contributed by atoms with Gasteiger partial charge in [-0.05, 0) is 12.1 Å². The second-order valence-electron chi connectivity index (χ2n) is 3.99. The Bertz CT molecular complexity index is 382. The van der Waals surface area contributed by atoms with Crippen molar-refractivity contribution in [2.45, 2.75) is 0 Å². The Morgan fingerprint density at radius 3 is 2.94 bits per heavy atom. The number of methoxy groups -OCH3 is 1. The molecule has 6 nitrogen and oxygen atoms in total. The lowest BCUT2D eigenvalue weighted by Gasteiger charge is -2.16. The number of anilines is 2. The van der Waals surface area contributed by atoms with Gasteiger partial charge in [0.05, 0.1) is 18.8 Å². The van der Waals surface area contributed by atoms with E-state index in [2.05, 4.69) is 15.6 Å². The topological polar surface area (TPSA) is 66.5 Å². The van der Waals surface area contributed by atoms with Crippen LogP contribution in [0.15, 0.2) is 18.3 Å². The summed E-state index contributed by atoms with van der Waals surface area (Å²) in [6.07, 6.45) is 1.70. The van der Waals surface area contributed by atoms with Crippen LogP contribution in [0.3, 0.4) is 0 Å². The van der Waals surface area contributed by atoms with E-state index < -0.39 is 0 Å². The number of amides is 1. The molecule has 18 heavy (non-hydrogen) atoms. The average Bonchev–Trinajstić information content (AvgIpc) is 2.35. The number of pyridine rings is 1. The molecule has 1 heterocycles. The summed E-state index contributed by atoms with van der Waals surface area (Å²) in [6, 6.07) is 3.62. The van der Waals surface area contributed by atoms with E-state index >= 15 is 0 Å². The lowest BCUT2D eigenvalue weighted by molar-refractivity contribution is -0.115. The second kappa shape index (κ2) is 7.62. The summed E-state index contributed by atoms with van der Waals surface area (Å²) in [5.41, 5.74) is 0.709. The fourth-order valence-corrected chi connectivity index (χ4v) is 1.42. The van der Waals surface area contributed by atoms with Crippen molar-refractivity contribution in [3.8, 4) is 0 Å². The van der Waals surface area contributed by atoms with Gasteiger partial charge in [0.1, 0.15) is 0 Å². The van der Waals surface area contributed by atoms with Gasteiger partial charge in [-0.2, -0.15) is 0 Å². The number of aromatic nitrogens is 1. The molecule has 0 aliphatic rings. The van der Waals surface area contributed by atoms with Crippen molar-refractivity contribution in [2.24, 2.45) is 0 Å². The number of hydrogen-bond acceptors (Lipinski definition) is 5. The monoisotopic (exact) mass is 252 g/mol. The van der Waals surface area contributed by atoms with Gasteiger partial charge in [-0.25, -0.2) is 4.98 Å². The lowest BCUT2D eigenvalue weighted by Crippen LogP contribution is -2.30. The van der Waals surface area contributed by atoms with Gasteiger partial charge in [0, 0.05) is 33.9 Å². The van der Waals surface area contributed by atoms with Gasteiger partial charge < -0.3 is 20.3 Å². The van der Waals surface area contributed by atoms with Crippen LogP contribution in [0.1, 0.15) is 0 Å². The summed E-state index contributed by atoms with van der Waals surface area (Å²) in [7, 11) is 5.39. The molecular weight excluding hydrogens is 232 g/mol. The fraction of sp³-hybridized carbons (Fsp3) is 0.500. The quantitative estimate of drug-likeness (QED) is 0.684. The Labute approximate surface area is 107 Å². The molecule has 0 saturated heterocycles. The Hall–Kier alpha value is -1.66. The molecule has 1 aromatic rings. The van der Waals surface area contributed by atoms with Crippen molar-refractivity contribution in [1.82, 2.24) is 10.3 Å². The van der Waals surface area contributed by atoms with Crippen molar-refractivity contribution < 1.29 is 9.53 Å². The molecule has 1 rings (SSSR count). The van der Waals surface area contributed by atoms with Gasteiger partial charge in [0.15, 0.2) is 5.82 Å². The standard InChI is InChI=1S/C12H20N4O2/c1-16(2)12-10(5-4-6-14-12)15-11(17)9-13-7-8-18-3/h4-6,13H,7-9H2,1-3H3,(H,15,17). The van der Waals surface area contributed by atoms with Crippen LogP contribution in [0, 0.1) is 0 Å². The molecule has 6 heteroatoms. The number of nitrogens with one attached hydrogen (secondary N) is 2. The Morgan fingerprint density at radius 2 is 2.28 bits per heavy atom. The van der Waals surface area contributed by atoms with Gasteiger partial charge in [-0.3, -0.25) is 4.79 Å². The normalized spacial score (nSPS) is 10.2. The van der Waals surface area contributed by atoms with Crippen LogP contribution < -0.4 is 15.5 Å². The maximum atomic E-state index is 11.7. The summed E-state index contributed by atoms with van der Waals surface area (Å²) < 4.78 is 4.88. The van der Waals surface area contributed by atoms with Crippen LogP contribution in [-0.4, -0.2) is 51.8 Å². The van der Waals surface area contributed by atoms with E-state index in [0.717, 1.165) is 5.82 Å². The molecule has 2 N–H and O–H groups in total. The number of rotatable bonds is 7. The van der Waals surface area contributed by atoms with Crippen LogP contribution in [0.2, 0.25) is 0 Å².